The maximum atomic E-state index is 11.3. The van der Waals surface area contributed by atoms with Crippen molar-refractivity contribution >= 4 is 22.5 Å². The van der Waals surface area contributed by atoms with Gasteiger partial charge in [-0.25, -0.2) is 4.98 Å². The zero-order chi connectivity index (χ0) is 20.3. The van der Waals surface area contributed by atoms with Gasteiger partial charge >= 0.3 is 0 Å². The van der Waals surface area contributed by atoms with E-state index in [0.717, 1.165) is 33.5 Å². The Hall–Kier alpha value is -3.08. The lowest BCUT2D eigenvalue weighted by Crippen LogP contribution is -2.23. The SMILES string of the molecule is CC(=O)NC(C)c1ccc2nc(Oc3ccc(NC(C)C)cc3C)ccc2c1. The van der Waals surface area contributed by atoms with Crippen molar-refractivity contribution in [2.45, 2.75) is 46.7 Å². The highest BCUT2D eigenvalue weighted by Gasteiger charge is 2.09. The highest BCUT2D eigenvalue weighted by molar-refractivity contribution is 5.80. The normalized spacial score (nSPS) is 12.1. The van der Waals surface area contributed by atoms with Gasteiger partial charge in [0.15, 0.2) is 0 Å². The second kappa shape index (κ2) is 8.30. The van der Waals surface area contributed by atoms with E-state index < -0.39 is 0 Å². The van der Waals surface area contributed by atoms with Gasteiger partial charge in [-0.2, -0.15) is 0 Å². The quantitative estimate of drug-likeness (QED) is 0.607. The van der Waals surface area contributed by atoms with Crippen LogP contribution in [0.2, 0.25) is 0 Å². The molecule has 0 aliphatic rings. The molecule has 3 aromatic rings. The van der Waals surface area contributed by atoms with Gasteiger partial charge in [0.25, 0.3) is 0 Å². The Labute approximate surface area is 166 Å². The summed E-state index contributed by atoms with van der Waals surface area (Å²) < 4.78 is 6.01. The lowest BCUT2D eigenvalue weighted by molar-refractivity contribution is -0.119. The molecule has 0 saturated heterocycles. The number of carbonyl (C=O) groups excluding carboxylic acids is 1. The highest BCUT2D eigenvalue weighted by Crippen LogP contribution is 2.28. The molecule has 0 aliphatic carbocycles. The molecule has 0 bridgehead atoms. The summed E-state index contributed by atoms with van der Waals surface area (Å²) in [6, 6.07) is 16.2. The minimum atomic E-state index is -0.0431. The van der Waals surface area contributed by atoms with Gasteiger partial charge in [-0.3, -0.25) is 4.79 Å². The Kier molecular flexibility index (Phi) is 5.83. The molecular formula is C23H27N3O2. The first-order chi connectivity index (χ1) is 13.3. The molecule has 146 valence electrons. The molecule has 0 radical (unpaired) electrons. The van der Waals surface area contributed by atoms with Crippen LogP contribution < -0.4 is 15.4 Å². The molecule has 1 unspecified atom stereocenters. The van der Waals surface area contributed by atoms with Crippen LogP contribution in [-0.2, 0) is 4.79 Å². The van der Waals surface area contributed by atoms with E-state index >= 15 is 0 Å². The van der Waals surface area contributed by atoms with Crippen LogP contribution in [0.4, 0.5) is 5.69 Å². The zero-order valence-corrected chi connectivity index (χ0v) is 17.0. The number of anilines is 1. The largest absolute Gasteiger partial charge is 0.439 e. The molecule has 1 amide bonds. The number of amides is 1. The molecule has 5 nitrogen and oxygen atoms in total. The summed E-state index contributed by atoms with van der Waals surface area (Å²) >= 11 is 0. The number of ether oxygens (including phenoxy) is 1. The summed E-state index contributed by atoms with van der Waals surface area (Å²) in [5, 5.41) is 7.30. The summed E-state index contributed by atoms with van der Waals surface area (Å²) in [7, 11) is 0. The standard InChI is InChI=1S/C23H27N3O2/c1-14(2)24-20-8-10-22(15(3)12-20)28-23-11-7-19-13-18(6-9-21(19)26-23)16(4)25-17(5)27/h6-14,16,24H,1-5H3,(H,25,27). The van der Waals surface area contributed by atoms with Crippen LogP contribution >= 0.6 is 0 Å². The number of nitrogens with zero attached hydrogens (tertiary/aromatic N) is 1. The minimum Gasteiger partial charge on any atom is -0.439 e. The van der Waals surface area contributed by atoms with Gasteiger partial charge in [-0.05, 0) is 75.2 Å². The van der Waals surface area contributed by atoms with Crippen molar-refractivity contribution < 1.29 is 9.53 Å². The number of nitrogens with one attached hydrogen (secondary N) is 2. The van der Waals surface area contributed by atoms with Crippen molar-refractivity contribution in [1.29, 1.82) is 0 Å². The van der Waals surface area contributed by atoms with E-state index in [-0.39, 0.29) is 11.9 Å². The molecule has 0 spiro atoms. The van der Waals surface area contributed by atoms with Gasteiger partial charge in [0.2, 0.25) is 11.8 Å². The fourth-order valence-electron chi connectivity index (χ4n) is 3.14. The highest BCUT2D eigenvalue weighted by atomic mass is 16.5. The first-order valence-corrected chi connectivity index (χ1v) is 9.54. The first-order valence-electron chi connectivity index (χ1n) is 9.54. The molecule has 1 atom stereocenters. The predicted octanol–water partition coefficient (Wildman–Crippen LogP) is 5.35. The van der Waals surface area contributed by atoms with E-state index in [2.05, 4.69) is 35.5 Å². The van der Waals surface area contributed by atoms with E-state index in [1.54, 1.807) is 0 Å². The van der Waals surface area contributed by atoms with Crippen LogP contribution in [0.25, 0.3) is 10.9 Å². The minimum absolute atomic E-state index is 0.0422. The van der Waals surface area contributed by atoms with Gasteiger partial charge < -0.3 is 15.4 Å². The number of benzene rings is 2. The monoisotopic (exact) mass is 377 g/mol. The maximum Gasteiger partial charge on any atom is 0.219 e. The number of pyridine rings is 1. The Morgan fingerprint density at radius 2 is 1.82 bits per heavy atom. The summed E-state index contributed by atoms with van der Waals surface area (Å²) in [6.07, 6.45) is 0. The third kappa shape index (κ3) is 4.80. The van der Waals surface area contributed by atoms with Crippen molar-refractivity contribution in [3.63, 3.8) is 0 Å². The van der Waals surface area contributed by atoms with Crippen molar-refractivity contribution in [2.75, 3.05) is 5.32 Å². The predicted molar refractivity (Wildman–Crippen MR) is 114 cm³/mol. The third-order valence-corrected chi connectivity index (χ3v) is 4.45. The number of carbonyl (C=O) groups is 1. The first kappa shape index (κ1) is 19.7. The van der Waals surface area contributed by atoms with E-state index in [9.17, 15) is 4.79 Å². The summed E-state index contributed by atoms with van der Waals surface area (Å²) in [5.41, 5.74) is 4.02. The van der Waals surface area contributed by atoms with Gasteiger partial charge in [-0.15, -0.1) is 0 Å². The molecule has 5 heteroatoms. The number of rotatable bonds is 6. The van der Waals surface area contributed by atoms with Crippen molar-refractivity contribution in [3.8, 4) is 11.6 Å². The molecule has 1 heterocycles. The summed E-state index contributed by atoms with van der Waals surface area (Å²) in [4.78, 5) is 15.9. The fraction of sp³-hybridized carbons (Fsp3) is 0.304. The van der Waals surface area contributed by atoms with Gasteiger partial charge in [0.1, 0.15) is 5.75 Å². The van der Waals surface area contributed by atoms with E-state index in [1.165, 1.54) is 6.92 Å². The fourth-order valence-corrected chi connectivity index (χ4v) is 3.14. The topological polar surface area (TPSA) is 63.2 Å². The van der Waals surface area contributed by atoms with Crippen LogP contribution in [0.3, 0.4) is 0 Å². The lowest BCUT2D eigenvalue weighted by Gasteiger charge is -2.14. The van der Waals surface area contributed by atoms with Crippen molar-refractivity contribution in [1.82, 2.24) is 10.3 Å². The molecule has 2 aromatic carbocycles. The van der Waals surface area contributed by atoms with Crippen molar-refractivity contribution in [2.24, 2.45) is 0 Å². The number of aryl methyl sites for hydroxylation is 1. The molecule has 0 saturated carbocycles. The molecule has 0 aliphatic heterocycles. The van der Waals surface area contributed by atoms with E-state index in [4.69, 9.17) is 4.74 Å². The van der Waals surface area contributed by atoms with Crippen LogP contribution in [0.15, 0.2) is 48.5 Å². The second-order valence-corrected chi connectivity index (χ2v) is 7.41. The Bertz CT molecular complexity index is 998. The van der Waals surface area contributed by atoms with Gasteiger partial charge in [0, 0.05) is 30.1 Å². The Morgan fingerprint density at radius 3 is 2.50 bits per heavy atom. The second-order valence-electron chi connectivity index (χ2n) is 7.41. The van der Waals surface area contributed by atoms with Crippen LogP contribution in [0.5, 0.6) is 11.6 Å². The lowest BCUT2D eigenvalue weighted by atomic mass is 10.1. The van der Waals surface area contributed by atoms with Crippen LogP contribution in [0.1, 0.15) is 44.9 Å². The maximum absolute atomic E-state index is 11.3. The van der Waals surface area contributed by atoms with E-state index in [1.807, 2.05) is 56.3 Å². The molecule has 1 aromatic heterocycles. The van der Waals surface area contributed by atoms with Gasteiger partial charge in [-0.1, -0.05) is 6.07 Å². The van der Waals surface area contributed by atoms with Gasteiger partial charge in [0.05, 0.1) is 11.6 Å². The van der Waals surface area contributed by atoms with Crippen LogP contribution in [0, 0.1) is 6.92 Å². The Balaban J connectivity index is 1.80. The smallest absolute Gasteiger partial charge is 0.219 e. The number of hydrogen-bond acceptors (Lipinski definition) is 4. The van der Waals surface area contributed by atoms with Crippen LogP contribution in [-0.4, -0.2) is 16.9 Å². The molecule has 2 N–H and O–H groups in total. The van der Waals surface area contributed by atoms with E-state index in [0.29, 0.717) is 11.9 Å². The Morgan fingerprint density at radius 1 is 1.04 bits per heavy atom. The molecule has 28 heavy (non-hydrogen) atoms. The number of aromatic nitrogens is 1. The average Bonchev–Trinajstić information content (AvgIpc) is 2.62. The molecule has 3 rings (SSSR count). The molecule has 0 fully saturated rings. The zero-order valence-electron chi connectivity index (χ0n) is 17.0. The third-order valence-electron chi connectivity index (χ3n) is 4.45. The number of hydrogen-bond donors (Lipinski definition) is 2. The number of fused-ring (bicyclic) bond motifs is 1. The van der Waals surface area contributed by atoms with Crippen molar-refractivity contribution in [3.05, 3.63) is 59.7 Å². The summed E-state index contributed by atoms with van der Waals surface area (Å²) in [6.45, 7) is 9.74. The average molecular weight is 377 g/mol. The summed E-state index contributed by atoms with van der Waals surface area (Å²) in [5.74, 6) is 1.30. The molecular weight excluding hydrogens is 350 g/mol.